The third-order valence-electron chi connectivity index (χ3n) is 3.02. The van der Waals surface area contributed by atoms with E-state index in [0.29, 0.717) is 23.3 Å². The number of hydrogen-bond acceptors (Lipinski definition) is 4. The van der Waals surface area contributed by atoms with Gasteiger partial charge in [0, 0.05) is 22.7 Å². The number of thiazole rings is 1. The Bertz CT molecular complexity index is 671. The van der Waals surface area contributed by atoms with Gasteiger partial charge in [0.05, 0.1) is 23.7 Å². The predicted octanol–water partition coefficient (Wildman–Crippen LogP) is 3.64. The SMILES string of the molecule is COc1ccc(NC(N)=NCC(C)c2nc(C)cs2)cc1Cl. The second-order valence-electron chi connectivity index (χ2n) is 4.93. The number of benzene rings is 1. The summed E-state index contributed by atoms with van der Waals surface area (Å²) in [5, 5.41) is 6.65. The van der Waals surface area contributed by atoms with E-state index in [-0.39, 0.29) is 5.92 Å². The van der Waals surface area contributed by atoms with Crippen molar-refractivity contribution in [2.45, 2.75) is 19.8 Å². The Balaban J connectivity index is 1.96. The second kappa shape index (κ2) is 7.47. The van der Waals surface area contributed by atoms with Crippen LogP contribution in [0.15, 0.2) is 28.6 Å². The molecule has 1 atom stereocenters. The number of methoxy groups -OCH3 is 1. The van der Waals surface area contributed by atoms with Gasteiger partial charge < -0.3 is 15.8 Å². The average Bonchev–Trinajstić information content (AvgIpc) is 2.91. The average molecular weight is 339 g/mol. The molecule has 2 aromatic rings. The standard InChI is InChI=1S/C15H19ClN4OS/c1-9(14-19-10(2)8-22-14)7-18-15(17)20-11-4-5-13(21-3)12(16)6-11/h4-6,8-9H,7H2,1-3H3,(H3,17,18,20). The Kier molecular flexibility index (Phi) is 5.63. The van der Waals surface area contributed by atoms with Crippen LogP contribution in [0.25, 0.3) is 0 Å². The molecule has 3 N–H and O–H groups in total. The van der Waals surface area contributed by atoms with Crippen molar-refractivity contribution < 1.29 is 4.74 Å². The number of hydrogen-bond donors (Lipinski definition) is 2. The van der Waals surface area contributed by atoms with Gasteiger partial charge in [-0.1, -0.05) is 18.5 Å². The molecular formula is C15H19ClN4OS. The van der Waals surface area contributed by atoms with Crippen LogP contribution in [0.1, 0.15) is 23.5 Å². The largest absolute Gasteiger partial charge is 0.495 e. The molecule has 0 radical (unpaired) electrons. The van der Waals surface area contributed by atoms with E-state index in [0.717, 1.165) is 16.4 Å². The minimum atomic E-state index is 0.235. The molecule has 118 valence electrons. The van der Waals surface area contributed by atoms with Crippen molar-refractivity contribution in [3.05, 3.63) is 39.3 Å². The fourth-order valence-corrected chi connectivity index (χ4v) is 2.95. The molecule has 0 aliphatic rings. The predicted molar refractivity (Wildman–Crippen MR) is 93.4 cm³/mol. The Hall–Kier alpha value is -1.79. The summed E-state index contributed by atoms with van der Waals surface area (Å²) < 4.78 is 5.11. The maximum atomic E-state index is 6.07. The molecule has 22 heavy (non-hydrogen) atoms. The molecule has 1 aromatic carbocycles. The number of nitrogens with one attached hydrogen (secondary N) is 1. The van der Waals surface area contributed by atoms with E-state index < -0.39 is 0 Å². The zero-order chi connectivity index (χ0) is 16.1. The van der Waals surface area contributed by atoms with Gasteiger partial charge >= 0.3 is 0 Å². The van der Waals surface area contributed by atoms with Crippen LogP contribution in [0.4, 0.5) is 5.69 Å². The van der Waals surface area contributed by atoms with Crippen LogP contribution in [0.3, 0.4) is 0 Å². The summed E-state index contributed by atoms with van der Waals surface area (Å²) in [5.74, 6) is 1.20. The number of anilines is 1. The monoisotopic (exact) mass is 338 g/mol. The van der Waals surface area contributed by atoms with Crippen molar-refractivity contribution in [2.75, 3.05) is 19.0 Å². The summed E-state index contributed by atoms with van der Waals surface area (Å²) in [6.45, 7) is 4.65. The third kappa shape index (κ3) is 4.35. The van der Waals surface area contributed by atoms with Crippen LogP contribution in [0.2, 0.25) is 5.02 Å². The van der Waals surface area contributed by atoms with Gasteiger partial charge in [-0.25, -0.2) is 4.98 Å². The molecule has 5 nitrogen and oxygen atoms in total. The van der Waals surface area contributed by atoms with Crippen molar-refractivity contribution in [1.29, 1.82) is 0 Å². The molecule has 0 bridgehead atoms. The molecule has 0 saturated heterocycles. The lowest BCUT2D eigenvalue weighted by Gasteiger charge is -2.09. The smallest absolute Gasteiger partial charge is 0.193 e. The lowest BCUT2D eigenvalue weighted by Crippen LogP contribution is -2.23. The number of aliphatic imine (C=N–C) groups is 1. The summed E-state index contributed by atoms with van der Waals surface area (Å²) >= 11 is 7.72. The molecule has 1 unspecified atom stereocenters. The molecular weight excluding hydrogens is 320 g/mol. The number of aromatic nitrogens is 1. The Morgan fingerprint density at radius 3 is 2.91 bits per heavy atom. The highest BCUT2D eigenvalue weighted by atomic mass is 35.5. The molecule has 2 rings (SSSR count). The first kappa shape index (κ1) is 16.6. The topological polar surface area (TPSA) is 72.5 Å². The van der Waals surface area contributed by atoms with Gasteiger partial charge in [0.25, 0.3) is 0 Å². The number of halogens is 1. The van der Waals surface area contributed by atoms with E-state index in [1.807, 2.05) is 18.4 Å². The van der Waals surface area contributed by atoms with Gasteiger partial charge in [0.1, 0.15) is 5.75 Å². The number of guanidine groups is 1. The molecule has 1 heterocycles. The first-order chi connectivity index (χ1) is 10.5. The summed E-state index contributed by atoms with van der Waals surface area (Å²) in [5.41, 5.74) is 7.71. The zero-order valence-corrected chi connectivity index (χ0v) is 14.3. The minimum absolute atomic E-state index is 0.235. The van der Waals surface area contributed by atoms with Crippen molar-refractivity contribution in [2.24, 2.45) is 10.7 Å². The van der Waals surface area contributed by atoms with E-state index in [2.05, 4.69) is 22.2 Å². The van der Waals surface area contributed by atoms with Gasteiger partial charge in [-0.3, -0.25) is 4.99 Å². The highest BCUT2D eigenvalue weighted by Gasteiger charge is 2.09. The number of rotatable bonds is 5. The van der Waals surface area contributed by atoms with Crippen molar-refractivity contribution in [3.63, 3.8) is 0 Å². The summed E-state index contributed by atoms with van der Waals surface area (Å²) in [7, 11) is 1.58. The van der Waals surface area contributed by atoms with E-state index >= 15 is 0 Å². The molecule has 1 aromatic heterocycles. The number of nitrogens with zero attached hydrogens (tertiary/aromatic N) is 2. The summed E-state index contributed by atoms with van der Waals surface area (Å²) in [4.78, 5) is 8.81. The first-order valence-electron chi connectivity index (χ1n) is 6.82. The Morgan fingerprint density at radius 1 is 1.55 bits per heavy atom. The molecule has 0 spiro atoms. The van der Waals surface area contributed by atoms with Gasteiger partial charge in [-0.2, -0.15) is 0 Å². The van der Waals surface area contributed by atoms with Crippen LogP contribution in [-0.4, -0.2) is 24.6 Å². The van der Waals surface area contributed by atoms with Crippen molar-refractivity contribution >= 4 is 34.6 Å². The molecule has 0 fully saturated rings. The van der Waals surface area contributed by atoms with E-state index in [1.54, 1.807) is 30.6 Å². The van der Waals surface area contributed by atoms with Crippen molar-refractivity contribution in [1.82, 2.24) is 4.98 Å². The van der Waals surface area contributed by atoms with Crippen LogP contribution in [-0.2, 0) is 0 Å². The fraction of sp³-hybridized carbons (Fsp3) is 0.333. The van der Waals surface area contributed by atoms with Gasteiger partial charge in [0.2, 0.25) is 0 Å². The fourth-order valence-electron chi connectivity index (χ4n) is 1.84. The molecule has 0 saturated carbocycles. The van der Waals surface area contributed by atoms with Crippen molar-refractivity contribution in [3.8, 4) is 5.75 Å². The third-order valence-corrected chi connectivity index (χ3v) is 4.51. The zero-order valence-electron chi connectivity index (χ0n) is 12.8. The number of ether oxygens (including phenoxy) is 1. The maximum Gasteiger partial charge on any atom is 0.193 e. The molecule has 0 amide bonds. The Morgan fingerprint density at radius 2 is 2.32 bits per heavy atom. The maximum absolute atomic E-state index is 6.07. The lowest BCUT2D eigenvalue weighted by atomic mass is 10.2. The quantitative estimate of drug-likeness (QED) is 0.644. The van der Waals surface area contributed by atoms with Crippen LogP contribution < -0.4 is 15.8 Å². The summed E-state index contributed by atoms with van der Waals surface area (Å²) in [6, 6.07) is 5.36. The first-order valence-corrected chi connectivity index (χ1v) is 8.08. The lowest BCUT2D eigenvalue weighted by molar-refractivity contribution is 0.415. The number of aryl methyl sites for hydroxylation is 1. The normalized spacial score (nSPS) is 13.0. The van der Waals surface area contributed by atoms with E-state index in [1.165, 1.54) is 0 Å². The second-order valence-corrected chi connectivity index (χ2v) is 6.23. The van der Waals surface area contributed by atoms with Gasteiger partial charge in [-0.05, 0) is 25.1 Å². The van der Waals surface area contributed by atoms with E-state index in [9.17, 15) is 0 Å². The summed E-state index contributed by atoms with van der Waals surface area (Å²) in [6.07, 6.45) is 0. The van der Waals surface area contributed by atoms with E-state index in [4.69, 9.17) is 22.1 Å². The highest BCUT2D eigenvalue weighted by molar-refractivity contribution is 7.09. The van der Waals surface area contributed by atoms with Gasteiger partial charge in [0.15, 0.2) is 5.96 Å². The van der Waals surface area contributed by atoms with Crippen LogP contribution >= 0.6 is 22.9 Å². The Labute approximate surface area is 139 Å². The highest BCUT2D eigenvalue weighted by Crippen LogP contribution is 2.27. The minimum Gasteiger partial charge on any atom is -0.495 e. The molecule has 0 aliphatic heterocycles. The number of nitrogens with two attached hydrogens (primary N) is 1. The molecule has 7 heteroatoms. The van der Waals surface area contributed by atoms with Crippen LogP contribution in [0.5, 0.6) is 5.75 Å². The molecule has 0 aliphatic carbocycles. The van der Waals surface area contributed by atoms with Gasteiger partial charge in [-0.15, -0.1) is 11.3 Å². The van der Waals surface area contributed by atoms with Crippen LogP contribution in [0, 0.1) is 6.92 Å².